The van der Waals surface area contributed by atoms with Crippen molar-refractivity contribution < 1.29 is 19.1 Å². The van der Waals surface area contributed by atoms with Crippen LogP contribution in [0.15, 0.2) is 47.5 Å². The molecule has 5 rings (SSSR count). The molecule has 8 heteroatoms. The zero-order chi connectivity index (χ0) is 26.0. The van der Waals surface area contributed by atoms with Gasteiger partial charge in [-0.15, -0.1) is 0 Å². The molecule has 0 spiro atoms. The monoisotopic (exact) mass is 490 g/mol. The molecule has 0 bridgehead atoms. The van der Waals surface area contributed by atoms with Crippen molar-refractivity contribution in [1.29, 1.82) is 0 Å². The minimum Gasteiger partial charge on any atom is -0.487 e. The fraction of sp³-hybridized carbons (Fsp3) is 0.464. The molecule has 2 amide bonds. The van der Waals surface area contributed by atoms with Crippen LogP contribution in [0.2, 0.25) is 0 Å². The fourth-order valence-corrected chi connectivity index (χ4v) is 5.60. The molecule has 0 saturated carbocycles. The summed E-state index contributed by atoms with van der Waals surface area (Å²) in [6.07, 6.45) is 0.888. The van der Waals surface area contributed by atoms with Crippen molar-refractivity contribution in [2.75, 3.05) is 0 Å². The van der Waals surface area contributed by atoms with Crippen molar-refractivity contribution in [2.24, 2.45) is 10.7 Å². The van der Waals surface area contributed by atoms with Gasteiger partial charge >= 0.3 is 0 Å². The number of guanidine groups is 1. The molecule has 3 heterocycles. The normalized spacial score (nSPS) is 25.1. The van der Waals surface area contributed by atoms with E-state index in [-0.39, 0.29) is 30.2 Å². The summed E-state index contributed by atoms with van der Waals surface area (Å²) in [5.41, 5.74) is 6.77. The van der Waals surface area contributed by atoms with E-state index >= 15 is 0 Å². The van der Waals surface area contributed by atoms with Crippen molar-refractivity contribution in [1.82, 2.24) is 10.2 Å². The summed E-state index contributed by atoms with van der Waals surface area (Å²) in [4.78, 5) is 32.7. The summed E-state index contributed by atoms with van der Waals surface area (Å²) in [6.45, 7) is 11.6. The zero-order valence-corrected chi connectivity index (χ0v) is 21.7. The van der Waals surface area contributed by atoms with Crippen molar-refractivity contribution in [3.05, 3.63) is 59.2 Å². The van der Waals surface area contributed by atoms with Gasteiger partial charge in [0.05, 0.1) is 18.0 Å². The first-order valence-corrected chi connectivity index (χ1v) is 12.4. The lowest BCUT2D eigenvalue weighted by atomic mass is 9.88. The Balaban J connectivity index is 1.47. The van der Waals surface area contributed by atoms with Crippen LogP contribution in [-0.2, 0) is 4.79 Å². The highest BCUT2D eigenvalue weighted by Crippen LogP contribution is 2.48. The second-order valence-corrected chi connectivity index (χ2v) is 11.7. The highest BCUT2D eigenvalue weighted by Gasteiger charge is 2.50. The smallest absolute Gasteiger partial charge is 0.251 e. The number of nitrogens with two attached hydrogens (primary N) is 1. The van der Waals surface area contributed by atoms with E-state index in [9.17, 15) is 9.59 Å². The van der Waals surface area contributed by atoms with Crippen LogP contribution in [0.1, 0.15) is 88.0 Å². The molecule has 36 heavy (non-hydrogen) atoms. The van der Waals surface area contributed by atoms with E-state index in [1.165, 1.54) is 4.90 Å². The van der Waals surface area contributed by atoms with Gasteiger partial charge in [-0.3, -0.25) is 14.5 Å². The number of nitrogens with zero attached hydrogens (tertiary/aromatic N) is 2. The quantitative estimate of drug-likeness (QED) is 0.669. The summed E-state index contributed by atoms with van der Waals surface area (Å²) in [6, 6.07) is 12.4. The second kappa shape index (κ2) is 7.98. The third-order valence-corrected chi connectivity index (χ3v) is 7.05. The molecular weight excluding hydrogens is 456 g/mol. The van der Waals surface area contributed by atoms with Gasteiger partial charge in [0.15, 0.2) is 5.96 Å². The topological polar surface area (TPSA) is 106 Å². The minimum atomic E-state index is -0.752. The number of hydrogen-bond donors (Lipinski definition) is 2. The average Bonchev–Trinajstić information content (AvgIpc) is 3.01. The Bertz CT molecular complexity index is 1280. The first-order valence-electron chi connectivity index (χ1n) is 12.4. The first kappa shape index (κ1) is 24.2. The number of ether oxygens (including phenoxy) is 2. The Morgan fingerprint density at radius 2 is 1.72 bits per heavy atom. The standard InChI is InChI=1S/C28H34N4O4/c1-26(2)15-22(33)32(25(29)31-26)23-18-13-16(11-12-21(18)36-28(23,5)6)24(34)30-19-14-27(3,4)35-20-10-8-7-9-17(19)20/h7-13,19,23H,14-15H2,1-6H3,(H2,29,31)(H,30,34). The zero-order valence-electron chi connectivity index (χ0n) is 21.7. The number of hydrogen-bond acceptors (Lipinski definition) is 6. The molecule has 0 saturated heterocycles. The lowest BCUT2D eigenvalue weighted by molar-refractivity contribution is -0.133. The molecule has 2 aromatic carbocycles. The SMILES string of the molecule is CC1(C)CC(=O)N(C2c3cc(C(=O)NC4CC(C)(C)Oc5ccccc54)ccc3OC2(C)C)C(N)=N1. The molecule has 3 aliphatic heterocycles. The largest absolute Gasteiger partial charge is 0.487 e. The van der Waals surface area contributed by atoms with Crippen LogP contribution in [0.5, 0.6) is 11.5 Å². The van der Waals surface area contributed by atoms with Crippen LogP contribution in [-0.4, -0.2) is 39.4 Å². The van der Waals surface area contributed by atoms with Crippen molar-refractivity contribution in [2.45, 2.75) is 83.2 Å². The summed E-state index contributed by atoms with van der Waals surface area (Å²) >= 11 is 0. The second-order valence-electron chi connectivity index (χ2n) is 11.7. The Morgan fingerprint density at radius 3 is 2.44 bits per heavy atom. The van der Waals surface area contributed by atoms with E-state index in [1.54, 1.807) is 18.2 Å². The van der Waals surface area contributed by atoms with Crippen LogP contribution in [0.25, 0.3) is 0 Å². The summed E-state index contributed by atoms with van der Waals surface area (Å²) < 4.78 is 12.3. The van der Waals surface area contributed by atoms with E-state index in [0.29, 0.717) is 17.7 Å². The number of benzene rings is 2. The van der Waals surface area contributed by atoms with Crippen molar-refractivity contribution in [3.63, 3.8) is 0 Å². The van der Waals surface area contributed by atoms with Gasteiger partial charge in [0, 0.05) is 23.1 Å². The number of nitrogens with one attached hydrogen (secondary N) is 1. The molecule has 3 N–H and O–H groups in total. The Kier molecular flexibility index (Phi) is 5.36. The highest BCUT2D eigenvalue weighted by molar-refractivity contribution is 6.00. The number of aliphatic imine (C=N–C) groups is 1. The van der Waals surface area contributed by atoms with E-state index < -0.39 is 22.8 Å². The van der Waals surface area contributed by atoms with E-state index in [1.807, 2.05) is 65.8 Å². The molecule has 2 aromatic rings. The van der Waals surface area contributed by atoms with Gasteiger partial charge < -0.3 is 20.5 Å². The van der Waals surface area contributed by atoms with Gasteiger partial charge in [-0.1, -0.05) is 18.2 Å². The number of para-hydroxylation sites is 1. The van der Waals surface area contributed by atoms with Crippen LogP contribution < -0.4 is 20.5 Å². The molecule has 0 aromatic heterocycles. The van der Waals surface area contributed by atoms with Crippen LogP contribution in [0, 0.1) is 0 Å². The van der Waals surface area contributed by atoms with E-state index in [4.69, 9.17) is 15.2 Å². The molecule has 190 valence electrons. The maximum atomic E-state index is 13.5. The number of carbonyl (C=O) groups excluding carboxylic acids is 2. The predicted molar refractivity (Wildman–Crippen MR) is 137 cm³/mol. The van der Waals surface area contributed by atoms with Crippen molar-refractivity contribution in [3.8, 4) is 11.5 Å². The maximum absolute atomic E-state index is 13.5. The van der Waals surface area contributed by atoms with Gasteiger partial charge in [0.1, 0.15) is 28.7 Å². The summed E-state index contributed by atoms with van der Waals surface area (Å²) in [7, 11) is 0. The molecular formula is C28H34N4O4. The Hall–Kier alpha value is -3.55. The molecule has 0 aliphatic carbocycles. The van der Waals surface area contributed by atoms with Gasteiger partial charge in [-0.25, -0.2) is 4.99 Å². The Labute approximate surface area is 211 Å². The molecule has 3 aliphatic rings. The molecule has 0 radical (unpaired) electrons. The van der Waals surface area contributed by atoms with Gasteiger partial charge in [-0.2, -0.15) is 0 Å². The minimum absolute atomic E-state index is 0.113. The Morgan fingerprint density at radius 1 is 1.03 bits per heavy atom. The first-order chi connectivity index (χ1) is 16.8. The van der Waals surface area contributed by atoms with Crippen LogP contribution >= 0.6 is 0 Å². The van der Waals surface area contributed by atoms with E-state index in [2.05, 4.69) is 10.3 Å². The lowest BCUT2D eigenvalue weighted by Gasteiger charge is -2.40. The molecule has 2 atom stereocenters. The molecule has 2 unspecified atom stereocenters. The predicted octanol–water partition coefficient (Wildman–Crippen LogP) is 4.26. The van der Waals surface area contributed by atoms with Crippen molar-refractivity contribution >= 4 is 17.8 Å². The van der Waals surface area contributed by atoms with Crippen LogP contribution in [0.4, 0.5) is 0 Å². The lowest BCUT2D eigenvalue weighted by Crippen LogP contribution is -2.55. The molecule has 0 fully saturated rings. The van der Waals surface area contributed by atoms with Crippen LogP contribution in [0.3, 0.4) is 0 Å². The number of fused-ring (bicyclic) bond motifs is 2. The third-order valence-electron chi connectivity index (χ3n) is 7.05. The third kappa shape index (κ3) is 4.18. The number of carbonyl (C=O) groups is 2. The fourth-order valence-electron chi connectivity index (χ4n) is 5.60. The van der Waals surface area contributed by atoms with E-state index in [0.717, 1.165) is 16.9 Å². The molecule has 8 nitrogen and oxygen atoms in total. The number of amides is 2. The van der Waals surface area contributed by atoms with Gasteiger partial charge in [0.2, 0.25) is 5.91 Å². The van der Waals surface area contributed by atoms with Gasteiger partial charge in [0.25, 0.3) is 5.91 Å². The number of rotatable bonds is 3. The average molecular weight is 491 g/mol. The maximum Gasteiger partial charge on any atom is 0.251 e. The summed E-state index contributed by atoms with van der Waals surface area (Å²) in [5, 5.41) is 3.19. The highest BCUT2D eigenvalue weighted by atomic mass is 16.5. The summed E-state index contributed by atoms with van der Waals surface area (Å²) in [5.74, 6) is 1.26. The van der Waals surface area contributed by atoms with Gasteiger partial charge in [-0.05, 0) is 65.8 Å².